The normalized spacial score (nSPS) is 17.0. The van der Waals surface area contributed by atoms with Crippen LogP contribution in [-0.4, -0.2) is 43.7 Å². The number of hydrogen-bond acceptors (Lipinski definition) is 5. The molecule has 1 saturated heterocycles. The van der Waals surface area contributed by atoms with Gasteiger partial charge in [-0.05, 0) is 31.5 Å². The Morgan fingerprint density at radius 3 is 2.50 bits per heavy atom. The Morgan fingerprint density at radius 1 is 1.04 bits per heavy atom. The fourth-order valence-corrected chi connectivity index (χ4v) is 3.37. The highest BCUT2D eigenvalue weighted by atomic mass is 16.6. The van der Waals surface area contributed by atoms with E-state index in [9.17, 15) is 5.11 Å². The molecule has 5 heteroatoms. The highest BCUT2D eigenvalue weighted by molar-refractivity contribution is 6.11. The second-order valence-electron chi connectivity index (χ2n) is 6.99. The molecule has 0 amide bonds. The van der Waals surface area contributed by atoms with E-state index in [1.807, 2.05) is 49.4 Å². The number of ether oxygens (including phenoxy) is 4. The van der Waals surface area contributed by atoms with Crippen LogP contribution >= 0.6 is 0 Å². The van der Waals surface area contributed by atoms with Gasteiger partial charge in [-0.25, -0.2) is 0 Å². The molecule has 4 rings (SSSR count). The van der Waals surface area contributed by atoms with Gasteiger partial charge in [-0.2, -0.15) is 0 Å². The molecule has 28 heavy (non-hydrogen) atoms. The third-order valence-electron chi connectivity index (χ3n) is 5.02. The maximum atomic E-state index is 10.9. The first-order valence-corrected chi connectivity index (χ1v) is 9.87. The van der Waals surface area contributed by atoms with Crippen LogP contribution in [0.2, 0.25) is 0 Å². The molecule has 0 bridgehead atoms. The maximum absolute atomic E-state index is 10.9. The molecule has 1 heterocycles. The SMILES string of the molecule is CCOc1ccc2c(OCC(CC)OCC3CO3)c3ccccc3c(O)c2c1. The first kappa shape index (κ1) is 18.8. The zero-order chi connectivity index (χ0) is 19.5. The second kappa shape index (κ2) is 8.25. The molecule has 1 fully saturated rings. The smallest absolute Gasteiger partial charge is 0.135 e. The molecule has 0 saturated carbocycles. The van der Waals surface area contributed by atoms with Gasteiger partial charge >= 0.3 is 0 Å². The fraction of sp³-hybridized carbons (Fsp3) is 0.391. The number of epoxide rings is 1. The molecule has 0 radical (unpaired) electrons. The van der Waals surface area contributed by atoms with E-state index in [1.54, 1.807) is 0 Å². The topological polar surface area (TPSA) is 60.5 Å². The highest BCUT2D eigenvalue weighted by Gasteiger charge is 2.24. The summed E-state index contributed by atoms with van der Waals surface area (Å²) in [6.45, 7) is 6.44. The van der Waals surface area contributed by atoms with Crippen LogP contribution in [0.5, 0.6) is 17.2 Å². The number of aromatic hydroxyl groups is 1. The van der Waals surface area contributed by atoms with Gasteiger partial charge in [-0.15, -0.1) is 0 Å². The number of fused-ring (bicyclic) bond motifs is 2. The average Bonchev–Trinajstić information content (AvgIpc) is 3.55. The van der Waals surface area contributed by atoms with Crippen LogP contribution in [-0.2, 0) is 9.47 Å². The number of hydrogen-bond donors (Lipinski definition) is 1. The first-order valence-electron chi connectivity index (χ1n) is 9.87. The van der Waals surface area contributed by atoms with Crippen LogP contribution in [0.15, 0.2) is 42.5 Å². The summed E-state index contributed by atoms with van der Waals surface area (Å²) >= 11 is 0. The molecule has 1 aliphatic rings. The predicted molar refractivity (Wildman–Crippen MR) is 110 cm³/mol. The first-order chi connectivity index (χ1) is 13.7. The van der Waals surface area contributed by atoms with E-state index in [4.69, 9.17) is 18.9 Å². The van der Waals surface area contributed by atoms with E-state index < -0.39 is 0 Å². The lowest BCUT2D eigenvalue weighted by atomic mass is 10.0. The van der Waals surface area contributed by atoms with Gasteiger partial charge in [-0.3, -0.25) is 0 Å². The third-order valence-corrected chi connectivity index (χ3v) is 5.02. The van der Waals surface area contributed by atoms with Crippen LogP contribution in [0.1, 0.15) is 20.3 Å². The Morgan fingerprint density at radius 2 is 1.79 bits per heavy atom. The molecule has 5 nitrogen and oxygen atoms in total. The van der Waals surface area contributed by atoms with Crippen molar-refractivity contribution in [2.75, 3.05) is 26.4 Å². The van der Waals surface area contributed by atoms with Crippen LogP contribution in [0.25, 0.3) is 21.5 Å². The Balaban J connectivity index is 1.70. The van der Waals surface area contributed by atoms with Crippen LogP contribution in [0, 0.1) is 0 Å². The van der Waals surface area contributed by atoms with E-state index in [1.165, 1.54) is 0 Å². The van der Waals surface area contributed by atoms with Gasteiger partial charge in [0.25, 0.3) is 0 Å². The van der Waals surface area contributed by atoms with Gasteiger partial charge in [-0.1, -0.05) is 31.2 Å². The van der Waals surface area contributed by atoms with E-state index >= 15 is 0 Å². The minimum Gasteiger partial charge on any atom is -0.507 e. The average molecular weight is 382 g/mol. The van der Waals surface area contributed by atoms with Crippen LogP contribution in [0.3, 0.4) is 0 Å². The number of benzene rings is 3. The van der Waals surface area contributed by atoms with Gasteiger partial charge in [0.1, 0.15) is 30.0 Å². The van der Waals surface area contributed by atoms with Gasteiger partial charge in [0.05, 0.1) is 25.9 Å². The van der Waals surface area contributed by atoms with Crippen molar-refractivity contribution in [3.63, 3.8) is 0 Å². The van der Waals surface area contributed by atoms with E-state index in [2.05, 4.69) is 6.92 Å². The lowest BCUT2D eigenvalue weighted by molar-refractivity contribution is 0.0114. The Bertz CT molecular complexity index is 964. The van der Waals surface area contributed by atoms with Crippen molar-refractivity contribution in [2.24, 2.45) is 0 Å². The quantitative estimate of drug-likeness (QED) is 0.430. The summed E-state index contributed by atoms with van der Waals surface area (Å²) < 4.78 is 23.0. The minimum atomic E-state index is -0.00508. The monoisotopic (exact) mass is 382 g/mol. The van der Waals surface area contributed by atoms with Crippen molar-refractivity contribution in [1.82, 2.24) is 0 Å². The molecule has 1 N–H and O–H groups in total. The Kier molecular flexibility index (Phi) is 5.55. The van der Waals surface area contributed by atoms with E-state index in [-0.39, 0.29) is 18.0 Å². The summed E-state index contributed by atoms with van der Waals surface area (Å²) in [5.74, 6) is 1.73. The summed E-state index contributed by atoms with van der Waals surface area (Å²) in [7, 11) is 0. The molecule has 148 valence electrons. The molecular formula is C23H26O5. The lowest BCUT2D eigenvalue weighted by Gasteiger charge is -2.19. The van der Waals surface area contributed by atoms with Crippen LogP contribution < -0.4 is 9.47 Å². The van der Waals surface area contributed by atoms with Crippen molar-refractivity contribution in [3.05, 3.63) is 42.5 Å². The summed E-state index contributed by atoms with van der Waals surface area (Å²) in [5, 5.41) is 14.1. The van der Waals surface area contributed by atoms with Gasteiger partial charge < -0.3 is 24.1 Å². The molecule has 0 aliphatic carbocycles. The van der Waals surface area contributed by atoms with Crippen molar-refractivity contribution in [1.29, 1.82) is 0 Å². The molecule has 2 unspecified atom stereocenters. The second-order valence-corrected chi connectivity index (χ2v) is 6.99. The Hall–Kier alpha value is -2.50. The van der Waals surface area contributed by atoms with Gasteiger partial charge in [0.2, 0.25) is 0 Å². The molecule has 0 spiro atoms. The predicted octanol–water partition coefficient (Wildman–Crippen LogP) is 4.67. The van der Waals surface area contributed by atoms with Gasteiger partial charge in [0.15, 0.2) is 0 Å². The number of phenolic OH excluding ortho intramolecular Hbond substituents is 1. The largest absolute Gasteiger partial charge is 0.507 e. The summed E-state index contributed by atoms with van der Waals surface area (Å²) in [5.41, 5.74) is 0. The summed E-state index contributed by atoms with van der Waals surface area (Å²) in [6, 6.07) is 13.5. The van der Waals surface area contributed by atoms with Crippen molar-refractivity contribution >= 4 is 21.5 Å². The third kappa shape index (κ3) is 3.86. The van der Waals surface area contributed by atoms with E-state index in [0.717, 1.165) is 46.1 Å². The molecule has 0 aromatic heterocycles. The Labute approximate surface area is 164 Å². The maximum Gasteiger partial charge on any atom is 0.135 e. The van der Waals surface area contributed by atoms with Crippen molar-refractivity contribution in [2.45, 2.75) is 32.5 Å². The number of rotatable bonds is 9. The zero-order valence-corrected chi connectivity index (χ0v) is 16.3. The van der Waals surface area contributed by atoms with E-state index in [0.29, 0.717) is 19.8 Å². The van der Waals surface area contributed by atoms with Crippen molar-refractivity contribution in [3.8, 4) is 17.2 Å². The zero-order valence-electron chi connectivity index (χ0n) is 16.3. The van der Waals surface area contributed by atoms with Crippen LogP contribution in [0.4, 0.5) is 0 Å². The standard InChI is InChI=1S/C23H26O5/c1-3-15(26-13-17-14-27-17)12-28-23-19-8-6-5-7-18(19)22(24)21-11-16(25-4-2)9-10-20(21)23/h5-11,15,17,24H,3-4,12-14H2,1-2H3. The summed E-state index contributed by atoms with van der Waals surface area (Å²) in [6.07, 6.45) is 1.09. The number of phenols is 1. The fourth-order valence-electron chi connectivity index (χ4n) is 3.37. The summed E-state index contributed by atoms with van der Waals surface area (Å²) in [4.78, 5) is 0. The lowest BCUT2D eigenvalue weighted by Crippen LogP contribution is -2.23. The molecule has 2 atom stereocenters. The molecule has 1 aliphatic heterocycles. The molecule has 3 aromatic rings. The van der Waals surface area contributed by atoms with Gasteiger partial charge in [0, 0.05) is 21.5 Å². The molecular weight excluding hydrogens is 356 g/mol. The highest BCUT2D eigenvalue weighted by Crippen LogP contribution is 2.43. The van der Waals surface area contributed by atoms with Crippen molar-refractivity contribution < 1.29 is 24.1 Å². The molecule has 3 aromatic carbocycles. The minimum absolute atomic E-state index is 0.00508.